The molecular formula is C21H43NO3. The minimum absolute atomic E-state index is 0.427. The maximum absolute atomic E-state index is 10.6. The summed E-state index contributed by atoms with van der Waals surface area (Å²) in [5, 5.41) is 20.6. The Morgan fingerprint density at radius 3 is 2.00 bits per heavy atom. The van der Waals surface area contributed by atoms with E-state index in [1.807, 2.05) is 7.05 Å². The predicted molar refractivity (Wildman–Crippen MR) is 105 cm³/mol. The van der Waals surface area contributed by atoms with Crippen LogP contribution >= 0.6 is 0 Å². The highest BCUT2D eigenvalue weighted by molar-refractivity contribution is 4.97. The van der Waals surface area contributed by atoms with Crippen LogP contribution in [0.3, 0.4) is 0 Å². The first kappa shape index (κ1) is 22.9. The van der Waals surface area contributed by atoms with Crippen LogP contribution in [-0.4, -0.2) is 53.2 Å². The highest BCUT2D eigenvalue weighted by Crippen LogP contribution is 2.37. The zero-order valence-corrected chi connectivity index (χ0v) is 17.0. The zero-order valence-electron chi connectivity index (χ0n) is 17.0. The van der Waals surface area contributed by atoms with Gasteiger partial charge in [-0.1, -0.05) is 71.6 Å². The molecule has 0 bridgehead atoms. The van der Waals surface area contributed by atoms with E-state index in [9.17, 15) is 10.2 Å². The molecule has 0 heterocycles. The molecule has 1 aliphatic rings. The molecule has 0 saturated heterocycles. The van der Waals surface area contributed by atoms with Crippen molar-refractivity contribution in [2.75, 3.05) is 20.2 Å². The molecule has 4 nitrogen and oxygen atoms in total. The van der Waals surface area contributed by atoms with Crippen molar-refractivity contribution in [3.8, 4) is 0 Å². The Hall–Kier alpha value is -0.160. The molecule has 0 aromatic rings. The Morgan fingerprint density at radius 1 is 0.880 bits per heavy atom. The van der Waals surface area contributed by atoms with Crippen molar-refractivity contribution in [2.24, 2.45) is 0 Å². The summed E-state index contributed by atoms with van der Waals surface area (Å²) in [5.41, 5.74) is -0.687. The number of aliphatic hydroxyl groups excluding tert-OH is 2. The number of likely N-dealkylation sites (N-methyl/N-ethyl adjacent to an activating group) is 1. The van der Waals surface area contributed by atoms with E-state index in [2.05, 4.69) is 18.7 Å². The Kier molecular flexibility index (Phi) is 12.0. The van der Waals surface area contributed by atoms with Gasteiger partial charge in [0.05, 0.1) is 12.2 Å². The number of unbranched alkanes of at least 4 members (excludes halogenated alkanes) is 9. The summed E-state index contributed by atoms with van der Waals surface area (Å²) in [6.45, 7) is 6.06. The lowest BCUT2D eigenvalue weighted by Crippen LogP contribution is -2.54. The van der Waals surface area contributed by atoms with Crippen molar-refractivity contribution in [2.45, 2.75) is 115 Å². The van der Waals surface area contributed by atoms with E-state index < -0.39 is 17.9 Å². The van der Waals surface area contributed by atoms with Crippen molar-refractivity contribution in [3.63, 3.8) is 0 Å². The maximum atomic E-state index is 10.6. The van der Waals surface area contributed by atoms with Gasteiger partial charge < -0.3 is 14.9 Å². The molecule has 0 amide bonds. The van der Waals surface area contributed by atoms with Crippen LogP contribution in [0.25, 0.3) is 0 Å². The molecule has 0 aliphatic heterocycles. The first-order valence-corrected chi connectivity index (χ1v) is 10.8. The first-order valence-electron chi connectivity index (χ1n) is 10.8. The Morgan fingerprint density at radius 2 is 1.44 bits per heavy atom. The van der Waals surface area contributed by atoms with Gasteiger partial charge >= 0.3 is 0 Å². The quantitative estimate of drug-likeness (QED) is 0.335. The van der Waals surface area contributed by atoms with Crippen LogP contribution in [0.15, 0.2) is 0 Å². The fourth-order valence-corrected chi connectivity index (χ4v) is 3.95. The third kappa shape index (κ3) is 7.94. The molecule has 0 radical (unpaired) electrons. The average Bonchev–Trinajstić information content (AvgIpc) is 2.88. The predicted octanol–water partition coefficient (Wildman–Crippen LogP) is 4.48. The molecule has 0 unspecified atom stereocenters. The molecular weight excluding hydrogens is 314 g/mol. The standard InChI is InChI=1S/C21H43NO3/c1-4-6-8-10-11-13-15-22(3)21(18-19(23)17-20(21)24)25-16-14-12-9-7-5-2/h19-20,23-24H,4-18H2,1-3H3/t19-,20+,21-/m1/s1. The zero-order chi connectivity index (χ0) is 18.5. The maximum Gasteiger partial charge on any atom is 0.150 e. The lowest BCUT2D eigenvalue weighted by atomic mass is 10.1. The van der Waals surface area contributed by atoms with E-state index in [4.69, 9.17) is 4.74 Å². The van der Waals surface area contributed by atoms with Gasteiger partial charge in [0.2, 0.25) is 0 Å². The summed E-state index contributed by atoms with van der Waals surface area (Å²) in [7, 11) is 2.05. The van der Waals surface area contributed by atoms with Crippen molar-refractivity contribution >= 4 is 0 Å². The summed E-state index contributed by atoms with van der Waals surface area (Å²) >= 11 is 0. The fraction of sp³-hybridized carbons (Fsp3) is 1.00. The number of hydrogen-bond acceptors (Lipinski definition) is 4. The third-order valence-electron chi connectivity index (χ3n) is 5.64. The van der Waals surface area contributed by atoms with E-state index in [1.165, 1.54) is 57.8 Å². The van der Waals surface area contributed by atoms with E-state index in [0.29, 0.717) is 19.4 Å². The van der Waals surface area contributed by atoms with Gasteiger partial charge in [-0.05, 0) is 19.9 Å². The largest absolute Gasteiger partial charge is 0.393 e. The van der Waals surface area contributed by atoms with Gasteiger partial charge in [-0.15, -0.1) is 0 Å². The second-order valence-electron chi connectivity index (χ2n) is 7.91. The van der Waals surface area contributed by atoms with Crippen LogP contribution in [0.2, 0.25) is 0 Å². The summed E-state index contributed by atoms with van der Waals surface area (Å²) in [4.78, 5) is 2.17. The molecule has 0 spiro atoms. The number of nitrogens with zero attached hydrogens (tertiary/aromatic N) is 1. The highest BCUT2D eigenvalue weighted by atomic mass is 16.5. The number of ether oxygens (including phenoxy) is 1. The summed E-state index contributed by atoms with van der Waals surface area (Å²) in [6, 6.07) is 0. The minimum atomic E-state index is -0.687. The van der Waals surface area contributed by atoms with Crippen LogP contribution in [0, 0.1) is 0 Å². The SMILES string of the molecule is CCCCCCCCN(C)[C@@]1(OCCCCCCC)C[C@H](O)C[C@@H]1O. The summed E-state index contributed by atoms with van der Waals surface area (Å²) in [6.07, 6.45) is 13.5. The second kappa shape index (κ2) is 13.1. The van der Waals surface area contributed by atoms with E-state index >= 15 is 0 Å². The van der Waals surface area contributed by atoms with Crippen LogP contribution in [0.1, 0.15) is 97.3 Å². The third-order valence-corrected chi connectivity index (χ3v) is 5.64. The minimum Gasteiger partial charge on any atom is -0.393 e. The van der Waals surface area contributed by atoms with Gasteiger partial charge in [-0.2, -0.15) is 0 Å². The van der Waals surface area contributed by atoms with Crippen LogP contribution in [0.5, 0.6) is 0 Å². The van der Waals surface area contributed by atoms with Crippen molar-refractivity contribution in [1.82, 2.24) is 4.90 Å². The molecule has 150 valence electrons. The van der Waals surface area contributed by atoms with Gasteiger partial charge in [0.25, 0.3) is 0 Å². The number of aliphatic hydroxyl groups is 2. The molecule has 1 saturated carbocycles. The van der Waals surface area contributed by atoms with E-state index in [1.54, 1.807) is 0 Å². The number of rotatable bonds is 15. The normalized spacial score (nSPS) is 26.6. The summed E-state index contributed by atoms with van der Waals surface area (Å²) < 4.78 is 6.23. The van der Waals surface area contributed by atoms with Crippen LogP contribution in [0.4, 0.5) is 0 Å². The highest BCUT2D eigenvalue weighted by Gasteiger charge is 2.50. The van der Waals surface area contributed by atoms with E-state index in [0.717, 1.165) is 19.4 Å². The Bertz CT molecular complexity index is 326. The molecule has 4 heteroatoms. The van der Waals surface area contributed by atoms with Gasteiger partial charge in [-0.25, -0.2) is 0 Å². The lowest BCUT2D eigenvalue weighted by Gasteiger charge is -2.41. The molecule has 3 atom stereocenters. The molecule has 0 aromatic heterocycles. The lowest BCUT2D eigenvalue weighted by molar-refractivity contribution is -0.195. The first-order chi connectivity index (χ1) is 12.1. The smallest absolute Gasteiger partial charge is 0.150 e. The van der Waals surface area contributed by atoms with Gasteiger partial charge in [0, 0.05) is 26.0 Å². The van der Waals surface area contributed by atoms with Crippen molar-refractivity contribution in [3.05, 3.63) is 0 Å². The molecule has 1 fully saturated rings. The van der Waals surface area contributed by atoms with Gasteiger partial charge in [-0.3, -0.25) is 4.90 Å². The van der Waals surface area contributed by atoms with Gasteiger partial charge in [0.1, 0.15) is 5.72 Å². The average molecular weight is 358 g/mol. The molecule has 0 aromatic carbocycles. The molecule has 1 aliphatic carbocycles. The Balaban J connectivity index is 2.40. The Labute approximate surface area is 155 Å². The number of hydrogen-bond donors (Lipinski definition) is 2. The molecule has 25 heavy (non-hydrogen) atoms. The monoisotopic (exact) mass is 357 g/mol. The van der Waals surface area contributed by atoms with Crippen molar-refractivity contribution in [1.29, 1.82) is 0 Å². The van der Waals surface area contributed by atoms with Gasteiger partial charge in [0.15, 0.2) is 0 Å². The topological polar surface area (TPSA) is 52.9 Å². The molecule has 1 rings (SSSR count). The van der Waals surface area contributed by atoms with E-state index in [-0.39, 0.29) is 0 Å². The fourth-order valence-electron chi connectivity index (χ4n) is 3.95. The van der Waals surface area contributed by atoms with Crippen molar-refractivity contribution < 1.29 is 14.9 Å². The van der Waals surface area contributed by atoms with Crippen LogP contribution < -0.4 is 0 Å². The second-order valence-corrected chi connectivity index (χ2v) is 7.91. The molecule has 2 N–H and O–H groups in total. The summed E-state index contributed by atoms with van der Waals surface area (Å²) in [5.74, 6) is 0. The van der Waals surface area contributed by atoms with Crippen LogP contribution in [-0.2, 0) is 4.74 Å².